The summed E-state index contributed by atoms with van der Waals surface area (Å²) in [5, 5.41) is 6.48. The molecule has 0 atom stereocenters. The molecule has 7 nitrogen and oxygen atoms in total. The van der Waals surface area contributed by atoms with Crippen molar-refractivity contribution in [2.45, 2.75) is 0 Å². The van der Waals surface area contributed by atoms with Gasteiger partial charge in [0, 0.05) is 75.8 Å². The van der Waals surface area contributed by atoms with Crippen LogP contribution in [0.1, 0.15) is 4.11 Å². The molecule has 11 rings (SSSR count). The van der Waals surface area contributed by atoms with Gasteiger partial charge < -0.3 is 23.3 Å². The number of anilines is 3. The Hall–Kier alpha value is -6.35. The standard InChI is InChI=1S/C44H25N6O.Pt/c1-45-27-22-28(48-26-47(2)38-16-5-6-17-39(38)48)24-30(23-27)51-29-19-20-32-34-13-8-18-40-43(34)50(41(32)25-29)44-36(14-9-21-46-44)35-12-7-11-33-31-10-3-4-15-37(31)49(40)42(33)35;/h3-23,26H,2H3;/q-3;/i2D3;. The number of hydrogen-bond acceptors (Lipinski definition) is 4. The summed E-state index contributed by atoms with van der Waals surface area (Å²) in [6.07, 6.45) is 1.82. The van der Waals surface area contributed by atoms with Gasteiger partial charge in [-0.1, -0.05) is 66.2 Å². The molecular formula is C44H25N6OPt-3. The predicted molar refractivity (Wildman–Crippen MR) is 205 cm³/mol. The summed E-state index contributed by atoms with van der Waals surface area (Å²) in [6.45, 7) is 6.98. The van der Waals surface area contributed by atoms with Gasteiger partial charge in [0.05, 0.1) is 34.3 Å². The van der Waals surface area contributed by atoms with Crippen molar-refractivity contribution in [2.75, 3.05) is 16.8 Å². The van der Waals surface area contributed by atoms with Crippen LogP contribution in [0, 0.1) is 25.4 Å². The van der Waals surface area contributed by atoms with Crippen molar-refractivity contribution in [1.82, 2.24) is 13.8 Å². The number of nitrogens with zero attached hydrogens (tertiary/aromatic N) is 6. The molecule has 250 valence electrons. The Kier molecular flexibility index (Phi) is 5.97. The van der Waals surface area contributed by atoms with Crippen molar-refractivity contribution in [3.63, 3.8) is 0 Å². The van der Waals surface area contributed by atoms with Crippen LogP contribution in [0.2, 0.25) is 0 Å². The van der Waals surface area contributed by atoms with E-state index in [0.717, 1.165) is 54.8 Å². The molecule has 0 unspecified atom stereocenters. The number of rotatable bonds is 3. The molecule has 5 heterocycles. The largest absolute Gasteiger partial charge is 0.510 e. The fourth-order valence-electron chi connectivity index (χ4n) is 7.86. The van der Waals surface area contributed by atoms with Crippen LogP contribution in [0.4, 0.5) is 22.7 Å². The summed E-state index contributed by atoms with van der Waals surface area (Å²) in [6, 6.07) is 46.8. The first-order chi connectivity index (χ1) is 26.4. The molecular weight excluding hydrogens is 824 g/mol. The number of aromatic nitrogens is 3. The molecule has 6 aromatic carbocycles. The Morgan fingerprint density at radius 2 is 1.42 bits per heavy atom. The summed E-state index contributed by atoms with van der Waals surface area (Å²) in [7, 11) is 0. The van der Waals surface area contributed by atoms with Crippen molar-refractivity contribution < 1.29 is 29.9 Å². The van der Waals surface area contributed by atoms with E-state index in [-0.39, 0.29) is 21.1 Å². The third-order valence-electron chi connectivity index (χ3n) is 9.93. The summed E-state index contributed by atoms with van der Waals surface area (Å²) in [4.78, 5) is 11.7. The maximum absolute atomic E-state index is 8.11. The van der Waals surface area contributed by atoms with Gasteiger partial charge >= 0.3 is 0 Å². The molecule has 0 aliphatic carbocycles. The van der Waals surface area contributed by atoms with Gasteiger partial charge in [0.15, 0.2) is 0 Å². The average Bonchev–Trinajstić information content (AvgIpc) is 3.85. The predicted octanol–water partition coefficient (Wildman–Crippen LogP) is 11.0. The van der Waals surface area contributed by atoms with E-state index in [1.54, 1.807) is 29.2 Å². The Morgan fingerprint density at radius 1 is 0.692 bits per heavy atom. The summed E-state index contributed by atoms with van der Waals surface area (Å²) < 4.78 is 35.4. The Morgan fingerprint density at radius 3 is 2.29 bits per heavy atom. The fourth-order valence-corrected chi connectivity index (χ4v) is 7.86. The quantitative estimate of drug-likeness (QED) is 0.166. The molecule has 0 N–H and O–H groups in total. The normalized spacial score (nSPS) is 13.9. The molecule has 8 heteroatoms. The second kappa shape index (κ2) is 11.3. The smallest absolute Gasteiger partial charge is 0.143 e. The van der Waals surface area contributed by atoms with Crippen LogP contribution in [0.5, 0.6) is 11.5 Å². The average molecular weight is 852 g/mol. The zero-order valence-corrected chi connectivity index (χ0v) is 29.4. The van der Waals surface area contributed by atoms with Gasteiger partial charge in [0.1, 0.15) is 5.65 Å². The third kappa shape index (κ3) is 4.19. The molecule has 1 aliphatic heterocycles. The summed E-state index contributed by atoms with van der Waals surface area (Å²) in [5.74, 6) is 0.724. The topological polar surface area (TPSA) is 41.8 Å². The zero-order chi connectivity index (χ0) is 36.3. The maximum Gasteiger partial charge on any atom is 0.143 e. The summed E-state index contributed by atoms with van der Waals surface area (Å²) in [5.41, 5.74) is 7.86. The van der Waals surface area contributed by atoms with E-state index in [1.807, 2.05) is 36.5 Å². The van der Waals surface area contributed by atoms with Gasteiger partial charge in [-0.3, -0.25) is 4.85 Å². The van der Waals surface area contributed by atoms with Crippen LogP contribution in [0.3, 0.4) is 0 Å². The Balaban J connectivity index is 0.00000372. The molecule has 0 fully saturated rings. The molecule has 4 aromatic heterocycles. The Labute approximate surface area is 316 Å². The van der Waals surface area contributed by atoms with E-state index in [1.165, 1.54) is 22.3 Å². The summed E-state index contributed by atoms with van der Waals surface area (Å²) >= 11 is 0. The first kappa shape index (κ1) is 27.4. The molecule has 0 radical (unpaired) electrons. The minimum absolute atomic E-state index is 0. The van der Waals surface area contributed by atoms with Gasteiger partial charge in [-0.15, -0.1) is 41.4 Å². The van der Waals surface area contributed by atoms with Crippen molar-refractivity contribution in [1.29, 1.82) is 0 Å². The zero-order valence-electron chi connectivity index (χ0n) is 30.1. The number of pyridine rings is 1. The number of fused-ring (bicyclic) bond motifs is 11. The van der Waals surface area contributed by atoms with Gasteiger partial charge in [0.25, 0.3) is 0 Å². The van der Waals surface area contributed by atoms with Crippen molar-refractivity contribution in [3.05, 3.63) is 158 Å². The molecule has 0 bridgehead atoms. The minimum atomic E-state index is -2.40. The minimum Gasteiger partial charge on any atom is -0.510 e. The van der Waals surface area contributed by atoms with Gasteiger partial charge in [-0.2, -0.15) is 12.7 Å². The van der Waals surface area contributed by atoms with E-state index in [0.29, 0.717) is 34.2 Å². The molecule has 0 saturated carbocycles. The van der Waals surface area contributed by atoms with Crippen LogP contribution in [0.25, 0.3) is 70.4 Å². The molecule has 0 spiro atoms. The molecule has 1 aliphatic rings. The molecule has 52 heavy (non-hydrogen) atoms. The molecule has 0 saturated heterocycles. The second-order valence-electron chi connectivity index (χ2n) is 12.7. The van der Waals surface area contributed by atoms with Crippen LogP contribution in [-0.4, -0.2) is 20.8 Å². The van der Waals surface area contributed by atoms with Crippen LogP contribution in [-0.2, 0) is 21.1 Å². The van der Waals surface area contributed by atoms with Gasteiger partial charge in [-0.25, -0.2) is 4.98 Å². The van der Waals surface area contributed by atoms with Crippen molar-refractivity contribution in [3.8, 4) is 11.5 Å². The van der Waals surface area contributed by atoms with Crippen LogP contribution >= 0.6 is 0 Å². The first-order valence-electron chi connectivity index (χ1n) is 18.0. The number of hydrogen-bond donors (Lipinski definition) is 0. The first-order valence-corrected chi connectivity index (χ1v) is 16.5. The number of para-hydroxylation sites is 5. The van der Waals surface area contributed by atoms with Gasteiger partial charge in [-0.05, 0) is 48.8 Å². The van der Waals surface area contributed by atoms with E-state index < -0.39 is 6.98 Å². The van der Waals surface area contributed by atoms with Crippen LogP contribution < -0.4 is 14.5 Å². The third-order valence-corrected chi connectivity index (χ3v) is 9.93. The monoisotopic (exact) mass is 851 g/mol. The Bertz CT molecular complexity index is 3270. The van der Waals surface area contributed by atoms with E-state index in [4.69, 9.17) is 20.4 Å². The van der Waals surface area contributed by atoms with E-state index in [2.05, 4.69) is 92.5 Å². The molecule has 0 amide bonds. The van der Waals surface area contributed by atoms with Gasteiger partial charge in [0.2, 0.25) is 0 Å². The second-order valence-corrected chi connectivity index (χ2v) is 12.7. The number of ether oxygens (including phenoxy) is 1. The number of benzene rings is 6. The molecule has 10 aromatic rings. The van der Waals surface area contributed by atoms with Crippen molar-refractivity contribution >= 4 is 88.3 Å². The van der Waals surface area contributed by atoms with Crippen molar-refractivity contribution in [2.24, 2.45) is 0 Å². The van der Waals surface area contributed by atoms with Crippen LogP contribution in [0.15, 0.2) is 128 Å². The van der Waals surface area contributed by atoms with E-state index >= 15 is 0 Å². The SMILES string of the molecule is [2H]C([2H])([2H])N1[CH-]N(c2[c-]c(Oc3[c-]c4c(cc3)c3cccc5c3n4c3ncccc3c3cccc4c6ccccc6n5c43)cc([N+]#[C-])c2)c2ccccc21.[Pt]. The maximum atomic E-state index is 8.11. The fraction of sp³-hybridized carbons (Fsp3) is 0.0227. The van der Waals surface area contributed by atoms with E-state index in [9.17, 15) is 0 Å².